The monoisotopic (exact) mass is 333 g/mol. The van der Waals surface area contributed by atoms with Crippen molar-refractivity contribution < 1.29 is 14.5 Å². The number of non-ortho nitro benzene ring substituents is 1. The highest BCUT2D eigenvalue weighted by Crippen LogP contribution is 2.12. The van der Waals surface area contributed by atoms with Crippen LogP contribution in [0, 0.1) is 10.1 Å². The fourth-order valence-corrected chi connectivity index (χ4v) is 2.49. The number of thiophene rings is 1. The van der Waals surface area contributed by atoms with E-state index in [1.165, 1.54) is 35.6 Å². The van der Waals surface area contributed by atoms with Crippen LogP contribution in [0.3, 0.4) is 0 Å². The minimum Gasteiger partial charge on any atom is -0.352 e. The zero-order chi connectivity index (χ0) is 16.7. The summed E-state index contributed by atoms with van der Waals surface area (Å²) in [4.78, 5) is 34.3. The summed E-state index contributed by atoms with van der Waals surface area (Å²) >= 11 is 1.36. The molecule has 0 saturated carbocycles. The molecule has 2 aromatic rings. The van der Waals surface area contributed by atoms with Gasteiger partial charge in [-0.25, -0.2) is 0 Å². The first-order chi connectivity index (χ1) is 11.1. The Labute approximate surface area is 136 Å². The minimum absolute atomic E-state index is 0.124. The van der Waals surface area contributed by atoms with Crippen LogP contribution in [-0.4, -0.2) is 29.8 Å². The van der Waals surface area contributed by atoms with Crippen LogP contribution >= 0.6 is 11.3 Å². The van der Waals surface area contributed by atoms with Crippen molar-refractivity contribution in [3.05, 3.63) is 62.3 Å². The van der Waals surface area contributed by atoms with Crippen molar-refractivity contribution in [3.8, 4) is 0 Å². The molecule has 8 heteroatoms. The van der Waals surface area contributed by atoms with Crippen LogP contribution in [0.5, 0.6) is 0 Å². The Hall–Kier alpha value is -2.74. The van der Waals surface area contributed by atoms with E-state index in [0.29, 0.717) is 24.4 Å². The molecule has 0 atom stereocenters. The highest BCUT2D eigenvalue weighted by molar-refractivity contribution is 7.12. The van der Waals surface area contributed by atoms with Gasteiger partial charge in [-0.3, -0.25) is 19.7 Å². The van der Waals surface area contributed by atoms with E-state index in [2.05, 4.69) is 10.6 Å². The van der Waals surface area contributed by atoms with E-state index in [-0.39, 0.29) is 23.1 Å². The second-order valence-corrected chi connectivity index (χ2v) is 5.60. The number of nitro groups is 1. The lowest BCUT2D eigenvalue weighted by atomic mass is 10.2. The summed E-state index contributed by atoms with van der Waals surface area (Å²) in [6.07, 6.45) is 0.567. The molecular formula is C15H15N3O4S. The average molecular weight is 333 g/mol. The zero-order valence-corrected chi connectivity index (χ0v) is 13.0. The first-order valence-electron chi connectivity index (χ1n) is 6.92. The fourth-order valence-electron chi connectivity index (χ4n) is 1.85. The van der Waals surface area contributed by atoms with Gasteiger partial charge in [-0.2, -0.15) is 0 Å². The third kappa shape index (κ3) is 4.89. The number of nitro benzene ring substituents is 1. The van der Waals surface area contributed by atoms with E-state index in [9.17, 15) is 19.7 Å². The van der Waals surface area contributed by atoms with Crippen molar-refractivity contribution in [1.29, 1.82) is 0 Å². The highest BCUT2D eigenvalue weighted by atomic mass is 32.1. The van der Waals surface area contributed by atoms with Gasteiger partial charge in [0, 0.05) is 30.8 Å². The smallest absolute Gasteiger partial charge is 0.270 e. The summed E-state index contributed by atoms with van der Waals surface area (Å²) < 4.78 is 0. The predicted octanol–water partition coefficient (Wildman–Crippen LogP) is 2.21. The number of hydrogen-bond acceptors (Lipinski definition) is 5. The van der Waals surface area contributed by atoms with E-state index in [1.54, 1.807) is 12.1 Å². The van der Waals surface area contributed by atoms with Gasteiger partial charge in [-0.1, -0.05) is 12.1 Å². The molecule has 1 heterocycles. The second kappa shape index (κ2) is 8.04. The fraction of sp³-hybridized carbons (Fsp3) is 0.200. The van der Waals surface area contributed by atoms with Crippen LogP contribution in [0.1, 0.15) is 26.5 Å². The van der Waals surface area contributed by atoms with Gasteiger partial charge in [0.25, 0.3) is 17.5 Å². The molecule has 0 saturated heterocycles. The normalized spacial score (nSPS) is 10.1. The first kappa shape index (κ1) is 16.6. The molecule has 2 N–H and O–H groups in total. The molecule has 0 fully saturated rings. The Bertz CT molecular complexity index is 701. The molecular weight excluding hydrogens is 318 g/mol. The average Bonchev–Trinajstić information content (AvgIpc) is 3.08. The van der Waals surface area contributed by atoms with E-state index in [4.69, 9.17) is 0 Å². The number of nitrogens with zero attached hydrogens (tertiary/aromatic N) is 1. The van der Waals surface area contributed by atoms with Gasteiger partial charge in [0.05, 0.1) is 9.80 Å². The van der Waals surface area contributed by atoms with Crippen LogP contribution < -0.4 is 10.6 Å². The molecule has 0 aliphatic carbocycles. The van der Waals surface area contributed by atoms with Crippen LogP contribution in [0.15, 0.2) is 41.8 Å². The summed E-state index contributed by atoms with van der Waals surface area (Å²) in [5.74, 6) is -0.511. The molecule has 120 valence electrons. The van der Waals surface area contributed by atoms with Crippen LogP contribution in [0.25, 0.3) is 0 Å². The van der Waals surface area contributed by atoms with Crippen molar-refractivity contribution in [3.63, 3.8) is 0 Å². The number of amides is 2. The van der Waals surface area contributed by atoms with E-state index in [1.807, 2.05) is 5.38 Å². The summed E-state index contributed by atoms with van der Waals surface area (Å²) in [7, 11) is 0. The maximum Gasteiger partial charge on any atom is 0.270 e. The molecule has 0 unspecified atom stereocenters. The van der Waals surface area contributed by atoms with E-state index >= 15 is 0 Å². The van der Waals surface area contributed by atoms with E-state index < -0.39 is 4.92 Å². The van der Waals surface area contributed by atoms with Crippen molar-refractivity contribution in [1.82, 2.24) is 10.6 Å². The number of rotatable bonds is 7. The number of nitrogens with one attached hydrogen (secondary N) is 2. The summed E-state index contributed by atoms with van der Waals surface area (Å²) in [6.45, 7) is 0.804. The number of hydrogen-bond donors (Lipinski definition) is 2. The summed E-state index contributed by atoms with van der Waals surface area (Å²) in [5.41, 5.74) is 0.114. The van der Waals surface area contributed by atoms with Gasteiger partial charge in [-0.15, -0.1) is 11.3 Å². The van der Waals surface area contributed by atoms with Gasteiger partial charge in [0.2, 0.25) is 0 Å². The molecule has 2 rings (SSSR count). The summed E-state index contributed by atoms with van der Waals surface area (Å²) in [6, 6.07) is 9.09. The molecule has 0 aliphatic rings. The maximum absolute atomic E-state index is 11.9. The molecule has 1 aromatic carbocycles. The van der Waals surface area contributed by atoms with Crippen molar-refractivity contribution >= 4 is 28.8 Å². The molecule has 0 bridgehead atoms. The quantitative estimate of drug-likeness (QED) is 0.461. The Morgan fingerprint density at radius 3 is 2.48 bits per heavy atom. The van der Waals surface area contributed by atoms with Crippen LogP contribution in [0.2, 0.25) is 0 Å². The number of benzene rings is 1. The van der Waals surface area contributed by atoms with Gasteiger partial charge in [-0.05, 0) is 23.9 Å². The van der Waals surface area contributed by atoms with Crippen LogP contribution in [0.4, 0.5) is 5.69 Å². The maximum atomic E-state index is 11.9. The first-order valence-corrected chi connectivity index (χ1v) is 7.80. The topological polar surface area (TPSA) is 101 Å². The minimum atomic E-state index is -0.545. The van der Waals surface area contributed by atoms with Crippen molar-refractivity contribution in [2.45, 2.75) is 6.42 Å². The molecule has 1 aromatic heterocycles. The Morgan fingerprint density at radius 2 is 1.83 bits per heavy atom. The Morgan fingerprint density at radius 1 is 1.09 bits per heavy atom. The summed E-state index contributed by atoms with van der Waals surface area (Å²) in [5, 5.41) is 17.9. The third-order valence-corrected chi connectivity index (χ3v) is 3.86. The van der Waals surface area contributed by atoms with E-state index in [0.717, 1.165) is 0 Å². The Balaban J connectivity index is 1.72. The standard InChI is InChI=1S/C15H15N3O4S/c19-14(11-4-1-5-12(10-11)18(21)22)16-7-3-8-17-15(20)13-6-2-9-23-13/h1-2,4-6,9-10H,3,7-8H2,(H,16,19)(H,17,20). The molecule has 2 amide bonds. The lowest BCUT2D eigenvalue weighted by Crippen LogP contribution is -2.29. The molecule has 7 nitrogen and oxygen atoms in total. The molecule has 23 heavy (non-hydrogen) atoms. The Kier molecular flexibility index (Phi) is 5.81. The highest BCUT2D eigenvalue weighted by Gasteiger charge is 2.11. The van der Waals surface area contributed by atoms with Crippen molar-refractivity contribution in [2.24, 2.45) is 0 Å². The number of carbonyl (C=O) groups excluding carboxylic acids is 2. The lowest BCUT2D eigenvalue weighted by Gasteiger charge is -2.06. The predicted molar refractivity (Wildman–Crippen MR) is 86.7 cm³/mol. The SMILES string of the molecule is O=C(NCCCNC(=O)c1cccs1)c1cccc([N+](=O)[O-])c1. The lowest BCUT2D eigenvalue weighted by molar-refractivity contribution is -0.384. The second-order valence-electron chi connectivity index (χ2n) is 4.65. The molecule has 0 radical (unpaired) electrons. The van der Waals surface area contributed by atoms with Gasteiger partial charge < -0.3 is 10.6 Å². The van der Waals surface area contributed by atoms with Gasteiger partial charge >= 0.3 is 0 Å². The van der Waals surface area contributed by atoms with Crippen LogP contribution in [-0.2, 0) is 0 Å². The third-order valence-electron chi connectivity index (χ3n) is 2.99. The number of carbonyl (C=O) groups is 2. The van der Waals surface area contributed by atoms with Gasteiger partial charge in [0.15, 0.2) is 0 Å². The molecule has 0 spiro atoms. The van der Waals surface area contributed by atoms with Crippen molar-refractivity contribution in [2.75, 3.05) is 13.1 Å². The largest absolute Gasteiger partial charge is 0.352 e. The zero-order valence-electron chi connectivity index (χ0n) is 12.2. The molecule has 0 aliphatic heterocycles. The van der Waals surface area contributed by atoms with Gasteiger partial charge in [0.1, 0.15) is 0 Å².